The molecule has 1 aromatic carbocycles. The first kappa shape index (κ1) is 17.2. The number of hydrogen-bond donors (Lipinski definition) is 2. The highest BCUT2D eigenvalue weighted by atomic mass is 16.2. The van der Waals surface area contributed by atoms with E-state index < -0.39 is 6.04 Å². The van der Waals surface area contributed by atoms with Gasteiger partial charge in [-0.1, -0.05) is 24.3 Å². The minimum absolute atomic E-state index is 0.00671. The van der Waals surface area contributed by atoms with Crippen LogP contribution in [0.1, 0.15) is 31.0 Å². The summed E-state index contributed by atoms with van der Waals surface area (Å²) in [5.74, 6) is -0.353. The zero-order valence-corrected chi connectivity index (χ0v) is 13.4. The Morgan fingerprint density at radius 1 is 1.19 bits per heavy atom. The summed E-state index contributed by atoms with van der Waals surface area (Å²) in [6.07, 6.45) is 0. The van der Waals surface area contributed by atoms with Crippen molar-refractivity contribution in [1.29, 1.82) is 0 Å². The maximum atomic E-state index is 12.4. The molecular weight excluding hydrogens is 266 g/mol. The largest absolute Gasteiger partial charge is 0.352 e. The van der Waals surface area contributed by atoms with E-state index >= 15 is 0 Å². The number of benzene rings is 1. The molecule has 0 aromatic heterocycles. The Bertz CT molecular complexity index is 498. The molecule has 1 rings (SSSR count). The number of hydrogen-bond acceptors (Lipinski definition) is 3. The van der Waals surface area contributed by atoms with Crippen LogP contribution in [0.3, 0.4) is 0 Å². The van der Waals surface area contributed by atoms with Gasteiger partial charge in [-0.25, -0.2) is 0 Å². The monoisotopic (exact) mass is 291 g/mol. The number of carbonyl (C=O) groups is 2. The van der Waals surface area contributed by atoms with Gasteiger partial charge in [-0.2, -0.15) is 0 Å². The van der Waals surface area contributed by atoms with Crippen LogP contribution in [0.5, 0.6) is 0 Å². The van der Waals surface area contributed by atoms with E-state index in [-0.39, 0.29) is 24.4 Å². The summed E-state index contributed by atoms with van der Waals surface area (Å²) in [6.45, 7) is 5.74. The minimum atomic E-state index is -0.405. The number of likely N-dealkylation sites (N-methyl/N-ethyl adjacent to an activating group) is 1. The van der Waals surface area contributed by atoms with Gasteiger partial charge in [0.05, 0.1) is 6.54 Å². The van der Waals surface area contributed by atoms with Gasteiger partial charge in [0.1, 0.15) is 6.04 Å². The van der Waals surface area contributed by atoms with Gasteiger partial charge >= 0.3 is 0 Å². The number of amides is 2. The molecule has 2 N–H and O–H groups in total. The minimum Gasteiger partial charge on any atom is -0.352 e. The predicted octanol–water partition coefficient (Wildman–Crippen LogP) is 1.24. The topological polar surface area (TPSA) is 61.4 Å². The first-order chi connectivity index (χ1) is 9.82. The summed E-state index contributed by atoms with van der Waals surface area (Å²) in [6, 6.07) is 7.43. The molecule has 5 heteroatoms. The van der Waals surface area contributed by atoms with E-state index in [0.29, 0.717) is 0 Å². The molecule has 0 saturated heterocycles. The summed E-state index contributed by atoms with van der Waals surface area (Å²) in [5, 5.41) is 5.45. The fourth-order valence-corrected chi connectivity index (χ4v) is 2.18. The second-order valence-electron chi connectivity index (χ2n) is 5.66. The third-order valence-corrected chi connectivity index (χ3v) is 3.12. The van der Waals surface area contributed by atoms with Gasteiger partial charge in [0, 0.05) is 6.04 Å². The van der Waals surface area contributed by atoms with Crippen LogP contribution < -0.4 is 10.6 Å². The standard InChI is InChI=1S/C16H25N3O2/c1-11(2)18-14(20)10-17-16(21)15(19(4)5)13-9-7-6-8-12(13)3/h6-9,11,15H,10H2,1-5H3,(H,17,21)(H,18,20). The SMILES string of the molecule is Cc1ccccc1C(C(=O)NCC(=O)NC(C)C)N(C)C. The van der Waals surface area contributed by atoms with Crippen LogP contribution in [0, 0.1) is 6.92 Å². The van der Waals surface area contributed by atoms with Gasteiger partial charge in [-0.15, -0.1) is 0 Å². The van der Waals surface area contributed by atoms with E-state index in [1.54, 1.807) is 0 Å². The van der Waals surface area contributed by atoms with Crippen molar-refractivity contribution in [2.75, 3.05) is 20.6 Å². The molecule has 0 heterocycles. The van der Waals surface area contributed by atoms with Crippen molar-refractivity contribution in [1.82, 2.24) is 15.5 Å². The Balaban J connectivity index is 2.76. The van der Waals surface area contributed by atoms with E-state index in [9.17, 15) is 9.59 Å². The fourth-order valence-electron chi connectivity index (χ4n) is 2.18. The quantitative estimate of drug-likeness (QED) is 0.829. The first-order valence-electron chi connectivity index (χ1n) is 7.12. The lowest BCUT2D eigenvalue weighted by Gasteiger charge is -2.25. The van der Waals surface area contributed by atoms with Gasteiger partial charge in [0.25, 0.3) is 0 Å². The van der Waals surface area contributed by atoms with Crippen LogP contribution in [0.2, 0.25) is 0 Å². The summed E-state index contributed by atoms with van der Waals surface area (Å²) in [4.78, 5) is 25.9. The summed E-state index contributed by atoms with van der Waals surface area (Å²) >= 11 is 0. The zero-order valence-electron chi connectivity index (χ0n) is 13.4. The summed E-state index contributed by atoms with van der Waals surface area (Å²) in [7, 11) is 3.70. The number of rotatable bonds is 6. The third kappa shape index (κ3) is 5.19. The van der Waals surface area contributed by atoms with Crippen LogP contribution in [0.25, 0.3) is 0 Å². The molecule has 5 nitrogen and oxygen atoms in total. The zero-order chi connectivity index (χ0) is 16.0. The van der Waals surface area contributed by atoms with E-state index in [2.05, 4.69) is 10.6 Å². The van der Waals surface area contributed by atoms with E-state index in [1.807, 2.05) is 64.0 Å². The van der Waals surface area contributed by atoms with Crippen LogP contribution in [-0.4, -0.2) is 43.4 Å². The van der Waals surface area contributed by atoms with E-state index in [4.69, 9.17) is 0 Å². The molecule has 1 aromatic rings. The number of nitrogens with zero attached hydrogens (tertiary/aromatic N) is 1. The van der Waals surface area contributed by atoms with Crippen LogP contribution in [-0.2, 0) is 9.59 Å². The Morgan fingerprint density at radius 3 is 2.33 bits per heavy atom. The molecule has 1 unspecified atom stereocenters. The van der Waals surface area contributed by atoms with E-state index in [1.165, 1.54) is 0 Å². The Morgan fingerprint density at radius 2 is 1.81 bits per heavy atom. The highest BCUT2D eigenvalue weighted by molar-refractivity contribution is 5.88. The van der Waals surface area contributed by atoms with E-state index in [0.717, 1.165) is 11.1 Å². The normalized spacial score (nSPS) is 12.3. The molecule has 0 aliphatic carbocycles. The molecule has 1 atom stereocenters. The van der Waals surface area contributed by atoms with Crippen LogP contribution in [0.4, 0.5) is 0 Å². The molecule has 0 radical (unpaired) electrons. The summed E-state index contributed by atoms with van der Waals surface area (Å²) in [5.41, 5.74) is 2.00. The number of aryl methyl sites for hydroxylation is 1. The second kappa shape index (κ2) is 7.78. The van der Waals surface area contributed by atoms with Crippen molar-refractivity contribution in [2.45, 2.75) is 32.9 Å². The second-order valence-corrected chi connectivity index (χ2v) is 5.66. The molecule has 0 aliphatic heterocycles. The molecule has 0 fully saturated rings. The number of carbonyl (C=O) groups excluding carboxylic acids is 2. The lowest BCUT2D eigenvalue weighted by molar-refractivity contribution is -0.129. The van der Waals surface area contributed by atoms with Crippen molar-refractivity contribution in [3.05, 3.63) is 35.4 Å². The van der Waals surface area contributed by atoms with Crippen molar-refractivity contribution < 1.29 is 9.59 Å². The molecule has 0 saturated carbocycles. The number of nitrogens with one attached hydrogen (secondary N) is 2. The molecule has 21 heavy (non-hydrogen) atoms. The molecule has 0 spiro atoms. The summed E-state index contributed by atoms with van der Waals surface area (Å²) < 4.78 is 0. The van der Waals surface area contributed by atoms with Gasteiger partial charge in [0.2, 0.25) is 11.8 Å². The van der Waals surface area contributed by atoms with Crippen LogP contribution in [0.15, 0.2) is 24.3 Å². The Labute approximate surface area is 126 Å². The van der Waals surface area contributed by atoms with Gasteiger partial charge in [-0.05, 0) is 46.0 Å². The van der Waals surface area contributed by atoms with Crippen LogP contribution >= 0.6 is 0 Å². The highest BCUT2D eigenvalue weighted by Gasteiger charge is 2.24. The third-order valence-electron chi connectivity index (χ3n) is 3.12. The Kier molecular flexibility index (Phi) is 6.37. The van der Waals surface area contributed by atoms with Gasteiger partial charge < -0.3 is 10.6 Å². The lowest BCUT2D eigenvalue weighted by Crippen LogP contribution is -2.43. The Hall–Kier alpha value is -1.88. The van der Waals surface area contributed by atoms with Crippen molar-refractivity contribution in [2.24, 2.45) is 0 Å². The van der Waals surface area contributed by atoms with Crippen molar-refractivity contribution in [3.63, 3.8) is 0 Å². The predicted molar refractivity (Wildman–Crippen MR) is 83.9 cm³/mol. The van der Waals surface area contributed by atoms with Crippen molar-refractivity contribution in [3.8, 4) is 0 Å². The lowest BCUT2D eigenvalue weighted by atomic mass is 10.00. The van der Waals surface area contributed by atoms with Gasteiger partial charge in [0.15, 0.2) is 0 Å². The molecule has 116 valence electrons. The molecular formula is C16H25N3O2. The smallest absolute Gasteiger partial charge is 0.242 e. The molecule has 2 amide bonds. The maximum absolute atomic E-state index is 12.4. The molecule has 0 bridgehead atoms. The first-order valence-corrected chi connectivity index (χ1v) is 7.12. The average Bonchev–Trinajstić information content (AvgIpc) is 2.38. The van der Waals surface area contributed by atoms with Crippen molar-refractivity contribution >= 4 is 11.8 Å². The van der Waals surface area contributed by atoms with Gasteiger partial charge in [-0.3, -0.25) is 14.5 Å². The highest BCUT2D eigenvalue weighted by Crippen LogP contribution is 2.21. The maximum Gasteiger partial charge on any atom is 0.242 e. The molecule has 0 aliphatic rings. The fraction of sp³-hybridized carbons (Fsp3) is 0.500. The average molecular weight is 291 g/mol.